The number of pyridine rings is 1. The zero-order chi connectivity index (χ0) is 9.14. The summed E-state index contributed by atoms with van der Waals surface area (Å²) in [6, 6.07) is 3.10. The number of aromatic nitrogens is 1. The Morgan fingerprint density at radius 3 is 2.75 bits per heavy atom. The van der Waals surface area contributed by atoms with E-state index >= 15 is 0 Å². The number of Topliss-reactive ketones (excluding diaryl/α,β-unsaturated/α-hetero) is 1. The van der Waals surface area contributed by atoms with Gasteiger partial charge in [0.15, 0.2) is 5.78 Å². The molecule has 0 aliphatic heterocycles. The molecule has 0 bridgehead atoms. The monoisotopic (exact) mass is 185 g/mol. The Hall–Kier alpha value is -1.09. The lowest BCUT2D eigenvalue weighted by Gasteiger charge is -2.01. The van der Waals surface area contributed by atoms with Gasteiger partial charge in [-0.05, 0) is 0 Å². The van der Waals surface area contributed by atoms with Crippen molar-refractivity contribution in [3.63, 3.8) is 0 Å². The molecule has 0 amide bonds. The van der Waals surface area contributed by atoms with Crippen molar-refractivity contribution >= 4 is 17.4 Å². The number of ketones is 1. The Morgan fingerprint density at radius 2 is 2.25 bits per heavy atom. The first-order valence-electron chi connectivity index (χ1n) is 3.36. The molecule has 64 valence electrons. The highest BCUT2D eigenvalue weighted by Gasteiger charge is 2.04. The van der Waals surface area contributed by atoms with Crippen LogP contribution in [-0.2, 0) is 0 Å². The first-order valence-corrected chi connectivity index (χ1v) is 3.74. The summed E-state index contributed by atoms with van der Waals surface area (Å²) in [5.41, 5.74) is 0.319. The zero-order valence-corrected chi connectivity index (χ0v) is 7.55. The molecular weight excluding hydrogens is 178 g/mol. The number of hydrogen-bond acceptors (Lipinski definition) is 3. The number of methoxy groups -OCH3 is 1. The average molecular weight is 186 g/mol. The summed E-state index contributed by atoms with van der Waals surface area (Å²) in [4.78, 5) is 14.7. The number of carbonyl (C=O) groups is 1. The Morgan fingerprint density at radius 1 is 1.58 bits per heavy atom. The molecule has 3 nitrogen and oxygen atoms in total. The highest BCUT2D eigenvalue weighted by molar-refractivity contribution is 6.29. The number of hydrogen-bond donors (Lipinski definition) is 0. The van der Waals surface area contributed by atoms with E-state index in [9.17, 15) is 4.79 Å². The summed E-state index contributed by atoms with van der Waals surface area (Å²) >= 11 is 5.63. The Labute approximate surface area is 75.3 Å². The molecule has 1 aromatic heterocycles. The number of carbonyl (C=O) groups excluding carboxylic acids is 1. The van der Waals surface area contributed by atoms with Gasteiger partial charge in [-0.3, -0.25) is 4.79 Å². The standard InChI is InChI=1S/C8H8ClNO2/c1-5(11)7-3-6(12-2)4-8(9)10-7/h3-4H,1-2H3. The molecule has 0 N–H and O–H groups in total. The maximum Gasteiger partial charge on any atom is 0.178 e. The largest absolute Gasteiger partial charge is 0.497 e. The molecule has 0 saturated heterocycles. The zero-order valence-electron chi connectivity index (χ0n) is 6.80. The second-order valence-corrected chi connectivity index (χ2v) is 2.66. The Kier molecular flexibility index (Phi) is 2.65. The summed E-state index contributed by atoms with van der Waals surface area (Å²) in [6.45, 7) is 1.43. The second kappa shape index (κ2) is 3.54. The van der Waals surface area contributed by atoms with Crippen LogP contribution in [0.1, 0.15) is 17.4 Å². The fourth-order valence-electron chi connectivity index (χ4n) is 0.772. The summed E-state index contributed by atoms with van der Waals surface area (Å²) in [6.07, 6.45) is 0. The van der Waals surface area contributed by atoms with E-state index in [-0.39, 0.29) is 10.9 Å². The minimum absolute atomic E-state index is 0.129. The van der Waals surface area contributed by atoms with Gasteiger partial charge < -0.3 is 4.74 Å². The van der Waals surface area contributed by atoms with Crippen molar-refractivity contribution < 1.29 is 9.53 Å². The van der Waals surface area contributed by atoms with Gasteiger partial charge >= 0.3 is 0 Å². The van der Waals surface area contributed by atoms with Crippen LogP contribution in [0.15, 0.2) is 12.1 Å². The molecule has 0 aromatic carbocycles. The van der Waals surface area contributed by atoms with Crippen molar-refractivity contribution in [1.29, 1.82) is 0 Å². The van der Waals surface area contributed by atoms with E-state index in [1.165, 1.54) is 14.0 Å². The highest BCUT2D eigenvalue weighted by atomic mass is 35.5. The third kappa shape index (κ3) is 1.95. The van der Waals surface area contributed by atoms with Crippen LogP contribution in [-0.4, -0.2) is 17.9 Å². The number of halogens is 1. The van der Waals surface area contributed by atoms with Crippen molar-refractivity contribution in [3.8, 4) is 5.75 Å². The molecule has 1 rings (SSSR count). The van der Waals surface area contributed by atoms with Gasteiger partial charge in [0.25, 0.3) is 0 Å². The topological polar surface area (TPSA) is 39.2 Å². The highest BCUT2D eigenvalue weighted by Crippen LogP contribution is 2.17. The average Bonchev–Trinajstić information content (AvgIpc) is 2.03. The first kappa shape index (κ1) is 9.00. The van der Waals surface area contributed by atoms with E-state index in [1.807, 2.05) is 0 Å². The van der Waals surface area contributed by atoms with Crippen LogP contribution in [0.3, 0.4) is 0 Å². The quantitative estimate of drug-likeness (QED) is 0.522. The van der Waals surface area contributed by atoms with Gasteiger partial charge in [0.1, 0.15) is 16.6 Å². The third-order valence-corrected chi connectivity index (χ3v) is 1.56. The molecule has 0 saturated carbocycles. The van der Waals surface area contributed by atoms with Crippen molar-refractivity contribution in [3.05, 3.63) is 23.0 Å². The molecule has 0 aliphatic rings. The fraction of sp³-hybridized carbons (Fsp3) is 0.250. The van der Waals surface area contributed by atoms with Gasteiger partial charge in [-0.25, -0.2) is 4.98 Å². The number of ether oxygens (including phenoxy) is 1. The van der Waals surface area contributed by atoms with Crippen LogP contribution in [0.5, 0.6) is 5.75 Å². The lowest BCUT2D eigenvalue weighted by molar-refractivity contribution is 0.101. The Bertz CT molecular complexity index is 312. The van der Waals surface area contributed by atoms with E-state index in [4.69, 9.17) is 16.3 Å². The van der Waals surface area contributed by atoms with Crippen LogP contribution in [0.25, 0.3) is 0 Å². The summed E-state index contributed by atoms with van der Waals surface area (Å²) in [5.74, 6) is 0.413. The first-order chi connectivity index (χ1) is 5.63. The van der Waals surface area contributed by atoms with E-state index < -0.39 is 0 Å². The molecule has 1 heterocycles. The normalized spacial score (nSPS) is 9.58. The molecule has 12 heavy (non-hydrogen) atoms. The minimum atomic E-state index is -0.129. The van der Waals surface area contributed by atoms with Crippen LogP contribution >= 0.6 is 11.6 Å². The molecule has 4 heteroatoms. The Balaban J connectivity index is 3.15. The molecule has 1 aromatic rings. The third-order valence-electron chi connectivity index (χ3n) is 1.36. The molecule has 0 unspecified atom stereocenters. The van der Waals surface area contributed by atoms with Crippen LogP contribution < -0.4 is 4.74 Å². The minimum Gasteiger partial charge on any atom is -0.497 e. The summed E-state index contributed by atoms with van der Waals surface area (Å²) < 4.78 is 4.91. The lowest BCUT2D eigenvalue weighted by Crippen LogP contribution is -1.97. The number of rotatable bonds is 2. The maximum absolute atomic E-state index is 10.9. The van der Waals surface area contributed by atoms with Gasteiger partial charge in [-0.2, -0.15) is 0 Å². The van der Waals surface area contributed by atoms with Gasteiger partial charge in [0.05, 0.1) is 7.11 Å². The summed E-state index contributed by atoms with van der Waals surface area (Å²) in [5, 5.41) is 0.263. The van der Waals surface area contributed by atoms with Gasteiger partial charge in [-0.15, -0.1) is 0 Å². The van der Waals surface area contributed by atoms with E-state index in [0.29, 0.717) is 11.4 Å². The number of nitrogens with zero attached hydrogens (tertiary/aromatic N) is 1. The van der Waals surface area contributed by atoms with Gasteiger partial charge in [0.2, 0.25) is 0 Å². The van der Waals surface area contributed by atoms with Crippen LogP contribution in [0.2, 0.25) is 5.15 Å². The van der Waals surface area contributed by atoms with E-state index in [0.717, 1.165) is 0 Å². The molecule has 0 radical (unpaired) electrons. The SMILES string of the molecule is COc1cc(Cl)nc(C(C)=O)c1. The summed E-state index contributed by atoms with van der Waals surface area (Å²) in [7, 11) is 1.51. The van der Waals surface area contributed by atoms with Gasteiger partial charge in [-0.1, -0.05) is 11.6 Å². The van der Waals surface area contributed by atoms with Gasteiger partial charge in [0, 0.05) is 19.1 Å². The molecular formula is C8H8ClNO2. The molecule has 0 aliphatic carbocycles. The lowest BCUT2D eigenvalue weighted by atomic mass is 10.3. The van der Waals surface area contributed by atoms with Crippen molar-refractivity contribution in [1.82, 2.24) is 4.98 Å². The predicted molar refractivity (Wildman–Crippen MR) is 45.8 cm³/mol. The predicted octanol–water partition coefficient (Wildman–Crippen LogP) is 1.95. The fourth-order valence-corrected chi connectivity index (χ4v) is 0.970. The molecule has 0 spiro atoms. The van der Waals surface area contributed by atoms with Crippen molar-refractivity contribution in [2.24, 2.45) is 0 Å². The van der Waals surface area contributed by atoms with E-state index in [1.54, 1.807) is 12.1 Å². The van der Waals surface area contributed by atoms with Crippen LogP contribution in [0.4, 0.5) is 0 Å². The van der Waals surface area contributed by atoms with Crippen molar-refractivity contribution in [2.45, 2.75) is 6.92 Å². The van der Waals surface area contributed by atoms with Crippen LogP contribution in [0, 0.1) is 0 Å². The molecule has 0 atom stereocenters. The maximum atomic E-state index is 10.9. The van der Waals surface area contributed by atoms with Crippen molar-refractivity contribution in [2.75, 3.05) is 7.11 Å². The molecule has 0 fully saturated rings. The second-order valence-electron chi connectivity index (χ2n) is 2.27. The van der Waals surface area contributed by atoms with E-state index in [2.05, 4.69) is 4.98 Å². The smallest absolute Gasteiger partial charge is 0.178 e.